The van der Waals surface area contributed by atoms with E-state index in [1.54, 1.807) is 6.20 Å². The lowest BCUT2D eigenvalue weighted by atomic mass is 10.1. The summed E-state index contributed by atoms with van der Waals surface area (Å²) in [5, 5.41) is 0. The predicted molar refractivity (Wildman–Crippen MR) is 66.9 cm³/mol. The minimum absolute atomic E-state index is 0.0284. The van der Waals surface area contributed by atoms with E-state index in [-0.39, 0.29) is 6.04 Å². The molecule has 0 bridgehead atoms. The van der Waals surface area contributed by atoms with Gasteiger partial charge in [0.25, 0.3) is 0 Å². The molecular weight excluding hydrogens is 222 g/mol. The number of rotatable bonds is 2. The summed E-state index contributed by atoms with van der Waals surface area (Å²) in [5.41, 5.74) is 6.93. The molecule has 0 aromatic carbocycles. The van der Waals surface area contributed by atoms with E-state index in [0.29, 0.717) is 0 Å². The highest BCUT2D eigenvalue weighted by Crippen LogP contribution is 2.17. The first-order valence-electron chi connectivity index (χ1n) is 5.48. The maximum Gasteiger partial charge on any atom is 0.128 e. The zero-order valence-corrected chi connectivity index (χ0v) is 10.2. The molecule has 1 aromatic rings. The van der Waals surface area contributed by atoms with Crippen LogP contribution in [0.2, 0.25) is 0 Å². The first-order chi connectivity index (χ1) is 7.66. The van der Waals surface area contributed by atoms with Gasteiger partial charge in [0.2, 0.25) is 0 Å². The number of anilines is 1. The lowest BCUT2D eigenvalue weighted by Gasteiger charge is -2.27. The molecule has 5 heteroatoms. The van der Waals surface area contributed by atoms with Crippen molar-refractivity contribution in [3.8, 4) is 0 Å². The van der Waals surface area contributed by atoms with Crippen LogP contribution in [0.15, 0.2) is 18.3 Å². The minimum atomic E-state index is -0.643. The van der Waals surface area contributed by atoms with E-state index in [0.717, 1.165) is 36.0 Å². The molecule has 1 saturated heterocycles. The van der Waals surface area contributed by atoms with Gasteiger partial charge in [-0.2, -0.15) is 0 Å². The van der Waals surface area contributed by atoms with Gasteiger partial charge in [-0.15, -0.1) is 0 Å². The summed E-state index contributed by atoms with van der Waals surface area (Å²) in [7, 11) is -0.643. The number of aromatic nitrogens is 1. The van der Waals surface area contributed by atoms with Crippen LogP contribution in [0.1, 0.15) is 18.5 Å². The van der Waals surface area contributed by atoms with Crippen LogP contribution in [-0.2, 0) is 10.8 Å². The monoisotopic (exact) mass is 239 g/mol. The van der Waals surface area contributed by atoms with Crippen molar-refractivity contribution in [2.75, 3.05) is 29.5 Å². The highest BCUT2D eigenvalue weighted by atomic mass is 32.2. The zero-order chi connectivity index (χ0) is 11.5. The molecule has 1 fully saturated rings. The normalized spacial score (nSPS) is 19.8. The van der Waals surface area contributed by atoms with Gasteiger partial charge in [0.1, 0.15) is 5.82 Å². The summed E-state index contributed by atoms with van der Waals surface area (Å²) < 4.78 is 11.3. The summed E-state index contributed by atoms with van der Waals surface area (Å²) in [5.74, 6) is 2.43. The Bertz CT molecular complexity index is 385. The third-order valence-corrected chi connectivity index (χ3v) is 4.07. The second-order valence-corrected chi connectivity index (χ2v) is 5.77. The van der Waals surface area contributed by atoms with Crippen LogP contribution in [-0.4, -0.2) is 33.8 Å². The van der Waals surface area contributed by atoms with Gasteiger partial charge < -0.3 is 10.6 Å². The van der Waals surface area contributed by atoms with Crippen LogP contribution >= 0.6 is 0 Å². The van der Waals surface area contributed by atoms with E-state index >= 15 is 0 Å². The molecule has 2 N–H and O–H groups in total. The molecule has 0 spiro atoms. The Morgan fingerprint density at radius 2 is 2.19 bits per heavy atom. The molecule has 0 amide bonds. The van der Waals surface area contributed by atoms with Crippen LogP contribution in [0.4, 0.5) is 5.82 Å². The van der Waals surface area contributed by atoms with E-state index in [1.165, 1.54) is 0 Å². The van der Waals surface area contributed by atoms with Gasteiger partial charge in [0.05, 0.1) is 0 Å². The number of hydrogen-bond donors (Lipinski definition) is 1. The van der Waals surface area contributed by atoms with Crippen molar-refractivity contribution in [3.63, 3.8) is 0 Å². The van der Waals surface area contributed by atoms with Crippen molar-refractivity contribution >= 4 is 16.6 Å². The Morgan fingerprint density at radius 3 is 2.81 bits per heavy atom. The highest BCUT2D eigenvalue weighted by Gasteiger charge is 2.16. The van der Waals surface area contributed by atoms with Crippen LogP contribution in [0, 0.1) is 0 Å². The van der Waals surface area contributed by atoms with E-state index in [2.05, 4.69) is 9.88 Å². The second-order valence-electron chi connectivity index (χ2n) is 4.07. The average molecular weight is 239 g/mol. The third kappa shape index (κ3) is 2.59. The van der Waals surface area contributed by atoms with Gasteiger partial charge in [0, 0.05) is 47.6 Å². The second kappa shape index (κ2) is 4.93. The van der Waals surface area contributed by atoms with Gasteiger partial charge in [-0.05, 0) is 24.6 Å². The Balaban J connectivity index is 2.14. The predicted octanol–water partition coefficient (Wildman–Crippen LogP) is 0.670. The SMILES string of the molecule is C[C@@H](N)c1ccnc(N2CCS(=O)CC2)c1. The first-order valence-corrected chi connectivity index (χ1v) is 6.97. The largest absolute Gasteiger partial charge is 0.355 e. The summed E-state index contributed by atoms with van der Waals surface area (Å²) in [6.07, 6.45) is 1.79. The molecule has 88 valence electrons. The topological polar surface area (TPSA) is 59.2 Å². The maximum absolute atomic E-state index is 11.3. The standard InChI is InChI=1S/C11H17N3OS/c1-9(12)10-2-3-13-11(8-10)14-4-6-16(15)7-5-14/h2-3,8-9H,4-7,12H2,1H3/t9-/m1/s1. The van der Waals surface area contributed by atoms with Crippen LogP contribution < -0.4 is 10.6 Å². The fourth-order valence-corrected chi connectivity index (χ4v) is 2.81. The third-order valence-electron chi connectivity index (χ3n) is 2.80. The Labute approximate surface area is 98.3 Å². The lowest BCUT2D eigenvalue weighted by Crippen LogP contribution is -2.38. The molecule has 2 rings (SSSR count). The Morgan fingerprint density at radius 1 is 1.50 bits per heavy atom. The molecule has 1 aromatic heterocycles. The van der Waals surface area contributed by atoms with Gasteiger partial charge in [-0.25, -0.2) is 4.98 Å². The van der Waals surface area contributed by atoms with Crippen LogP contribution in [0.5, 0.6) is 0 Å². The Hall–Kier alpha value is -0.940. The molecule has 0 radical (unpaired) electrons. The Kier molecular flexibility index (Phi) is 3.56. The zero-order valence-electron chi connectivity index (χ0n) is 9.43. The van der Waals surface area contributed by atoms with E-state index in [9.17, 15) is 4.21 Å². The van der Waals surface area contributed by atoms with Crippen molar-refractivity contribution in [3.05, 3.63) is 23.9 Å². The number of hydrogen-bond acceptors (Lipinski definition) is 4. The van der Waals surface area contributed by atoms with E-state index < -0.39 is 10.8 Å². The molecule has 0 unspecified atom stereocenters. The quantitative estimate of drug-likeness (QED) is 0.824. The lowest BCUT2D eigenvalue weighted by molar-refractivity contribution is 0.672. The summed E-state index contributed by atoms with van der Waals surface area (Å²) in [4.78, 5) is 6.52. The number of pyridine rings is 1. The maximum atomic E-state index is 11.3. The molecule has 16 heavy (non-hydrogen) atoms. The molecule has 0 saturated carbocycles. The smallest absolute Gasteiger partial charge is 0.128 e. The molecule has 1 atom stereocenters. The fourth-order valence-electron chi connectivity index (χ4n) is 1.76. The summed E-state index contributed by atoms with van der Waals surface area (Å²) >= 11 is 0. The van der Waals surface area contributed by atoms with Crippen molar-refractivity contribution in [2.24, 2.45) is 5.73 Å². The molecule has 4 nitrogen and oxygen atoms in total. The minimum Gasteiger partial charge on any atom is -0.355 e. The van der Waals surface area contributed by atoms with Gasteiger partial charge >= 0.3 is 0 Å². The van der Waals surface area contributed by atoms with E-state index in [1.807, 2.05) is 19.1 Å². The average Bonchev–Trinajstić information content (AvgIpc) is 2.30. The van der Waals surface area contributed by atoms with Crippen LogP contribution in [0.25, 0.3) is 0 Å². The highest BCUT2D eigenvalue weighted by molar-refractivity contribution is 7.85. The van der Waals surface area contributed by atoms with Gasteiger partial charge in [-0.1, -0.05) is 0 Å². The molecule has 0 aliphatic carbocycles. The van der Waals surface area contributed by atoms with Crippen molar-refractivity contribution < 1.29 is 4.21 Å². The number of nitrogens with two attached hydrogens (primary N) is 1. The molecule has 1 aliphatic rings. The summed E-state index contributed by atoms with van der Waals surface area (Å²) in [6.45, 7) is 3.61. The van der Waals surface area contributed by atoms with Crippen molar-refractivity contribution in [1.82, 2.24) is 4.98 Å². The van der Waals surface area contributed by atoms with Crippen molar-refractivity contribution in [1.29, 1.82) is 0 Å². The van der Waals surface area contributed by atoms with E-state index in [4.69, 9.17) is 5.73 Å². The number of nitrogens with zero attached hydrogens (tertiary/aromatic N) is 2. The summed E-state index contributed by atoms with van der Waals surface area (Å²) in [6, 6.07) is 4.00. The van der Waals surface area contributed by atoms with Crippen LogP contribution in [0.3, 0.4) is 0 Å². The van der Waals surface area contributed by atoms with Crippen molar-refractivity contribution in [2.45, 2.75) is 13.0 Å². The first kappa shape index (κ1) is 11.5. The van der Waals surface area contributed by atoms with Gasteiger partial charge in [0.15, 0.2) is 0 Å². The van der Waals surface area contributed by atoms with Gasteiger partial charge in [-0.3, -0.25) is 4.21 Å². The molecular formula is C11H17N3OS. The molecule has 2 heterocycles. The molecule has 1 aliphatic heterocycles. The fraction of sp³-hybridized carbons (Fsp3) is 0.545.